The van der Waals surface area contributed by atoms with Crippen LogP contribution < -0.4 is 4.74 Å². The molecule has 1 N–H and O–H groups in total. The van der Waals surface area contributed by atoms with E-state index < -0.39 is 14.4 Å². The number of ether oxygens (including phenoxy) is 1. The Bertz CT molecular complexity index is 438. The molecule has 0 aliphatic rings. The molecule has 1 rings (SSSR count). The molecule has 0 radical (unpaired) electrons. The largest absolute Gasteiger partial charge is 0.497 e. The third-order valence-corrected chi connectivity index (χ3v) is 8.84. The van der Waals surface area contributed by atoms with E-state index in [9.17, 15) is 5.11 Å². The summed E-state index contributed by atoms with van der Waals surface area (Å²) in [5.41, 5.74) is 1.18. The zero-order valence-corrected chi connectivity index (χ0v) is 15.3. The highest BCUT2D eigenvalue weighted by Gasteiger charge is 2.37. The van der Waals surface area contributed by atoms with Crippen molar-refractivity contribution in [1.29, 1.82) is 0 Å². The van der Waals surface area contributed by atoms with Crippen LogP contribution in [0.1, 0.15) is 32.8 Å². The lowest BCUT2D eigenvalue weighted by Crippen LogP contribution is -2.42. The van der Waals surface area contributed by atoms with Gasteiger partial charge in [0, 0.05) is 0 Å². The fourth-order valence-electron chi connectivity index (χ4n) is 1.77. The number of hydrogen-bond acceptors (Lipinski definition) is 3. The molecule has 0 fully saturated rings. The average molecular weight is 311 g/mol. The maximum atomic E-state index is 10.1. The predicted octanol–water partition coefficient (Wildman–Crippen LogP) is 4.01. The van der Waals surface area contributed by atoms with E-state index in [0.717, 1.165) is 12.2 Å². The van der Waals surface area contributed by atoms with Gasteiger partial charge in [0.2, 0.25) is 0 Å². The number of benzene rings is 1. The van der Waals surface area contributed by atoms with Gasteiger partial charge in [0.05, 0.1) is 19.8 Å². The molecule has 0 aliphatic carbocycles. The SMILES string of the molecule is COc1cccc(CC[C@H](O)CO[Si](C)(C)C(C)(C)C)c1. The van der Waals surface area contributed by atoms with Crippen molar-refractivity contribution in [2.75, 3.05) is 13.7 Å². The molecule has 0 unspecified atom stereocenters. The molecule has 0 amide bonds. The molecule has 4 heteroatoms. The molecule has 0 aromatic heterocycles. The summed E-state index contributed by atoms with van der Waals surface area (Å²) in [6.07, 6.45) is 1.13. The summed E-state index contributed by atoms with van der Waals surface area (Å²) in [6.45, 7) is 11.5. The number of aryl methyl sites for hydroxylation is 1. The van der Waals surface area contributed by atoms with Gasteiger partial charge in [-0.25, -0.2) is 0 Å². The molecule has 1 atom stereocenters. The van der Waals surface area contributed by atoms with Gasteiger partial charge in [0.25, 0.3) is 0 Å². The Morgan fingerprint density at radius 3 is 2.48 bits per heavy atom. The van der Waals surface area contributed by atoms with Crippen LogP contribution in [-0.4, -0.2) is 33.2 Å². The average Bonchev–Trinajstić information content (AvgIpc) is 2.42. The Balaban J connectivity index is 2.42. The topological polar surface area (TPSA) is 38.7 Å². The molecular formula is C17H30O3Si. The van der Waals surface area contributed by atoms with E-state index in [1.807, 2.05) is 18.2 Å². The normalized spacial score (nSPS) is 14.0. The first-order chi connectivity index (χ1) is 9.65. The number of hydrogen-bond donors (Lipinski definition) is 1. The summed E-state index contributed by atoms with van der Waals surface area (Å²) >= 11 is 0. The molecule has 0 heterocycles. The molecule has 0 aliphatic heterocycles. The van der Waals surface area contributed by atoms with Crippen molar-refractivity contribution in [2.24, 2.45) is 0 Å². The Hall–Kier alpha value is -0.843. The first kappa shape index (κ1) is 18.2. The lowest BCUT2D eigenvalue weighted by Gasteiger charge is -2.36. The Labute approximate surface area is 130 Å². The first-order valence-electron chi connectivity index (χ1n) is 7.60. The third kappa shape index (κ3) is 5.81. The second-order valence-corrected chi connectivity index (χ2v) is 11.9. The van der Waals surface area contributed by atoms with E-state index >= 15 is 0 Å². The van der Waals surface area contributed by atoms with Crippen molar-refractivity contribution in [2.45, 2.75) is 57.8 Å². The molecule has 120 valence electrons. The smallest absolute Gasteiger partial charge is 0.192 e. The summed E-state index contributed by atoms with van der Waals surface area (Å²) in [4.78, 5) is 0. The molecule has 1 aromatic rings. The second kappa shape index (κ2) is 7.43. The lowest BCUT2D eigenvalue weighted by molar-refractivity contribution is 0.0931. The van der Waals surface area contributed by atoms with Crippen LogP contribution in [-0.2, 0) is 10.8 Å². The highest BCUT2D eigenvalue weighted by molar-refractivity contribution is 6.74. The number of rotatable bonds is 7. The quantitative estimate of drug-likeness (QED) is 0.773. The maximum Gasteiger partial charge on any atom is 0.192 e. The number of aliphatic hydroxyl groups is 1. The monoisotopic (exact) mass is 310 g/mol. The van der Waals surface area contributed by atoms with Crippen molar-refractivity contribution in [3.63, 3.8) is 0 Å². The summed E-state index contributed by atoms with van der Waals surface area (Å²) in [5.74, 6) is 0.861. The summed E-state index contributed by atoms with van der Waals surface area (Å²) in [5, 5.41) is 10.3. The van der Waals surface area contributed by atoms with E-state index in [0.29, 0.717) is 13.0 Å². The third-order valence-electron chi connectivity index (χ3n) is 4.34. The molecule has 0 spiro atoms. The predicted molar refractivity (Wildman–Crippen MR) is 90.5 cm³/mol. The van der Waals surface area contributed by atoms with Crippen LogP contribution in [0.15, 0.2) is 24.3 Å². The fourth-order valence-corrected chi connectivity index (χ4v) is 2.81. The van der Waals surface area contributed by atoms with Gasteiger partial charge >= 0.3 is 0 Å². The van der Waals surface area contributed by atoms with Gasteiger partial charge in [-0.05, 0) is 48.7 Å². The van der Waals surface area contributed by atoms with Crippen molar-refractivity contribution in [3.8, 4) is 5.75 Å². The van der Waals surface area contributed by atoms with Gasteiger partial charge in [-0.15, -0.1) is 0 Å². The van der Waals surface area contributed by atoms with Crippen molar-refractivity contribution in [3.05, 3.63) is 29.8 Å². The number of methoxy groups -OCH3 is 1. The van der Waals surface area contributed by atoms with Crippen LogP contribution in [0.2, 0.25) is 18.1 Å². The fraction of sp³-hybridized carbons (Fsp3) is 0.647. The van der Waals surface area contributed by atoms with Crippen molar-refractivity contribution < 1.29 is 14.3 Å². The standard InChI is InChI=1S/C17H30O3Si/c1-17(2,3)21(5,6)20-13-15(18)11-10-14-8-7-9-16(12-14)19-4/h7-9,12,15,18H,10-11,13H2,1-6H3/t15-/m0/s1. The van der Waals surface area contributed by atoms with Crippen LogP contribution in [0, 0.1) is 0 Å². The van der Waals surface area contributed by atoms with Crippen LogP contribution in [0.5, 0.6) is 5.75 Å². The summed E-state index contributed by atoms with van der Waals surface area (Å²) in [7, 11) is -0.103. The van der Waals surface area contributed by atoms with E-state index in [1.165, 1.54) is 5.56 Å². The van der Waals surface area contributed by atoms with Gasteiger partial charge < -0.3 is 14.3 Å². The number of aliphatic hydroxyl groups excluding tert-OH is 1. The van der Waals surface area contributed by atoms with Crippen LogP contribution in [0.4, 0.5) is 0 Å². The zero-order chi connectivity index (χ0) is 16.1. The zero-order valence-electron chi connectivity index (χ0n) is 14.3. The summed E-state index contributed by atoms with van der Waals surface area (Å²) in [6, 6.07) is 7.98. The maximum absolute atomic E-state index is 10.1. The minimum absolute atomic E-state index is 0.180. The highest BCUT2D eigenvalue weighted by atomic mass is 28.4. The van der Waals surface area contributed by atoms with E-state index in [4.69, 9.17) is 9.16 Å². The van der Waals surface area contributed by atoms with Crippen molar-refractivity contribution >= 4 is 8.32 Å². The second-order valence-electron chi connectivity index (χ2n) is 7.12. The molecule has 1 aromatic carbocycles. The van der Waals surface area contributed by atoms with Gasteiger partial charge in [-0.3, -0.25) is 0 Å². The molecule has 0 bridgehead atoms. The Kier molecular flexibility index (Phi) is 6.44. The van der Waals surface area contributed by atoms with Crippen LogP contribution in [0.3, 0.4) is 0 Å². The molecular weight excluding hydrogens is 280 g/mol. The van der Waals surface area contributed by atoms with E-state index in [1.54, 1.807) is 7.11 Å². The van der Waals surface area contributed by atoms with Crippen LogP contribution >= 0.6 is 0 Å². The highest BCUT2D eigenvalue weighted by Crippen LogP contribution is 2.36. The molecule has 21 heavy (non-hydrogen) atoms. The van der Waals surface area contributed by atoms with Gasteiger partial charge in [-0.1, -0.05) is 32.9 Å². The Morgan fingerprint density at radius 1 is 1.24 bits per heavy atom. The van der Waals surface area contributed by atoms with Gasteiger partial charge in [-0.2, -0.15) is 0 Å². The lowest BCUT2D eigenvalue weighted by atomic mass is 10.1. The molecule has 0 saturated heterocycles. The van der Waals surface area contributed by atoms with E-state index in [2.05, 4.69) is 39.9 Å². The van der Waals surface area contributed by atoms with E-state index in [-0.39, 0.29) is 5.04 Å². The Morgan fingerprint density at radius 2 is 1.90 bits per heavy atom. The van der Waals surface area contributed by atoms with Crippen LogP contribution in [0.25, 0.3) is 0 Å². The van der Waals surface area contributed by atoms with Crippen molar-refractivity contribution in [1.82, 2.24) is 0 Å². The molecule has 0 saturated carbocycles. The van der Waals surface area contributed by atoms with Gasteiger partial charge in [0.1, 0.15) is 5.75 Å². The minimum Gasteiger partial charge on any atom is -0.497 e. The first-order valence-corrected chi connectivity index (χ1v) is 10.5. The van der Waals surface area contributed by atoms with Gasteiger partial charge in [0.15, 0.2) is 8.32 Å². The minimum atomic E-state index is -1.77. The summed E-state index contributed by atoms with van der Waals surface area (Å²) < 4.78 is 11.3. The molecule has 3 nitrogen and oxygen atoms in total.